The molecule has 1 aromatic rings. The fourth-order valence-corrected chi connectivity index (χ4v) is 1.71. The Kier molecular flexibility index (Phi) is 5.55. The Morgan fingerprint density at radius 1 is 1.56 bits per heavy atom. The van der Waals surface area contributed by atoms with Gasteiger partial charge in [0.15, 0.2) is 11.6 Å². The molecule has 0 aliphatic carbocycles. The van der Waals surface area contributed by atoms with Gasteiger partial charge in [-0.3, -0.25) is 4.79 Å². The van der Waals surface area contributed by atoms with Gasteiger partial charge in [-0.1, -0.05) is 26.2 Å². The number of nitrogens with one attached hydrogen (secondary N) is 1. The number of halogens is 1. The molecule has 0 aromatic carbocycles. The van der Waals surface area contributed by atoms with Crippen LogP contribution in [-0.4, -0.2) is 16.9 Å². The van der Waals surface area contributed by atoms with Crippen molar-refractivity contribution in [3.05, 3.63) is 23.6 Å². The number of nitrogens with two attached hydrogens (primary N) is 1. The lowest BCUT2D eigenvalue weighted by atomic mass is 10.1. The molecule has 0 aliphatic rings. The maximum atomic E-state index is 13.6. The standard InChI is InChI=1S/C13H20FN3O/c1-3-4-5-6-9(2)17-13(18)10-7-8-16-12(15)11(10)14/h7-9H,3-6H2,1-2H3,(H2,15,16)(H,17,18). The highest BCUT2D eigenvalue weighted by Gasteiger charge is 2.16. The van der Waals surface area contributed by atoms with E-state index in [0.717, 1.165) is 25.7 Å². The highest BCUT2D eigenvalue weighted by atomic mass is 19.1. The van der Waals surface area contributed by atoms with E-state index in [1.165, 1.54) is 12.3 Å². The van der Waals surface area contributed by atoms with Crippen LogP contribution < -0.4 is 11.1 Å². The molecule has 0 saturated carbocycles. The lowest BCUT2D eigenvalue weighted by Gasteiger charge is -2.14. The van der Waals surface area contributed by atoms with Gasteiger partial charge < -0.3 is 11.1 Å². The van der Waals surface area contributed by atoms with E-state index in [2.05, 4.69) is 17.2 Å². The molecular weight excluding hydrogens is 233 g/mol. The van der Waals surface area contributed by atoms with E-state index >= 15 is 0 Å². The quantitative estimate of drug-likeness (QED) is 0.765. The summed E-state index contributed by atoms with van der Waals surface area (Å²) in [4.78, 5) is 15.4. The van der Waals surface area contributed by atoms with E-state index in [1.807, 2.05) is 6.92 Å². The predicted octanol–water partition coefficient (Wildman–Crippen LogP) is 2.50. The number of hydrogen-bond donors (Lipinski definition) is 2. The topological polar surface area (TPSA) is 68.0 Å². The average Bonchev–Trinajstić information content (AvgIpc) is 2.32. The minimum absolute atomic E-state index is 0.0258. The Morgan fingerprint density at radius 2 is 2.28 bits per heavy atom. The smallest absolute Gasteiger partial charge is 0.254 e. The molecule has 1 heterocycles. The van der Waals surface area contributed by atoms with Crippen molar-refractivity contribution >= 4 is 11.7 Å². The van der Waals surface area contributed by atoms with E-state index in [1.54, 1.807) is 0 Å². The number of anilines is 1. The van der Waals surface area contributed by atoms with Crippen molar-refractivity contribution < 1.29 is 9.18 Å². The monoisotopic (exact) mass is 253 g/mol. The molecule has 1 amide bonds. The third kappa shape index (κ3) is 3.98. The molecule has 0 bridgehead atoms. The Balaban J connectivity index is 2.57. The summed E-state index contributed by atoms with van der Waals surface area (Å²) in [5.41, 5.74) is 5.27. The number of nitrogen functional groups attached to an aromatic ring is 1. The van der Waals surface area contributed by atoms with Crippen LogP contribution in [0, 0.1) is 5.82 Å². The molecule has 4 nitrogen and oxygen atoms in total. The minimum atomic E-state index is -0.754. The molecule has 1 aromatic heterocycles. The zero-order valence-electron chi connectivity index (χ0n) is 10.9. The van der Waals surface area contributed by atoms with Crippen LogP contribution in [-0.2, 0) is 0 Å². The van der Waals surface area contributed by atoms with E-state index in [0.29, 0.717) is 0 Å². The summed E-state index contributed by atoms with van der Waals surface area (Å²) in [7, 11) is 0. The fourth-order valence-electron chi connectivity index (χ4n) is 1.71. The first-order valence-corrected chi connectivity index (χ1v) is 6.27. The third-order valence-electron chi connectivity index (χ3n) is 2.78. The fraction of sp³-hybridized carbons (Fsp3) is 0.538. The number of hydrogen-bond acceptors (Lipinski definition) is 3. The van der Waals surface area contributed by atoms with Crippen LogP contribution in [0.2, 0.25) is 0 Å². The number of unbranched alkanes of at least 4 members (excludes halogenated alkanes) is 2. The highest BCUT2D eigenvalue weighted by molar-refractivity contribution is 5.95. The molecule has 0 aliphatic heterocycles. The summed E-state index contributed by atoms with van der Waals surface area (Å²) < 4.78 is 13.6. The van der Waals surface area contributed by atoms with Crippen LogP contribution >= 0.6 is 0 Å². The SMILES string of the molecule is CCCCCC(C)NC(=O)c1ccnc(N)c1F. The molecule has 0 spiro atoms. The number of nitrogens with zero attached hydrogens (tertiary/aromatic N) is 1. The predicted molar refractivity (Wildman–Crippen MR) is 69.7 cm³/mol. The van der Waals surface area contributed by atoms with E-state index in [4.69, 9.17) is 5.73 Å². The number of amides is 1. The summed E-state index contributed by atoms with van der Waals surface area (Å²) in [6.07, 6.45) is 5.54. The van der Waals surface area contributed by atoms with Gasteiger partial charge in [-0.05, 0) is 19.4 Å². The van der Waals surface area contributed by atoms with Crippen LogP contribution in [0.15, 0.2) is 12.3 Å². The Morgan fingerprint density at radius 3 is 2.94 bits per heavy atom. The number of pyridine rings is 1. The maximum absolute atomic E-state index is 13.6. The third-order valence-corrected chi connectivity index (χ3v) is 2.78. The van der Waals surface area contributed by atoms with Crippen molar-refractivity contribution in [1.29, 1.82) is 0 Å². The zero-order valence-corrected chi connectivity index (χ0v) is 10.9. The first kappa shape index (κ1) is 14.4. The number of carbonyl (C=O) groups excluding carboxylic acids is 1. The van der Waals surface area contributed by atoms with Crippen molar-refractivity contribution in [3.8, 4) is 0 Å². The normalized spacial score (nSPS) is 12.2. The van der Waals surface area contributed by atoms with Crippen molar-refractivity contribution in [2.24, 2.45) is 0 Å². The summed E-state index contributed by atoms with van der Waals surface area (Å²) in [5, 5.41) is 2.76. The molecular formula is C13H20FN3O. The Hall–Kier alpha value is -1.65. The van der Waals surface area contributed by atoms with Gasteiger partial charge in [0.05, 0.1) is 5.56 Å². The molecule has 0 fully saturated rings. The van der Waals surface area contributed by atoms with Crippen molar-refractivity contribution in [3.63, 3.8) is 0 Å². The first-order chi connectivity index (χ1) is 8.56. The van der Waals surface area contributed by atoms with Crippen LogP contribution in [0.1, 0.15) is 49.9 Å². The van der Waals surface area contributed by atoms with Crippen molar-refractivity contribution in [2.75, 3.05) is 5.73 Å². The van der Waals surface area contributed by atoms with Gasteiger partial charge in [0, 0.05) is 12.2 Å². The highest BCUT2D eigenvalue weighted by Crippen LogP contribution is 2.12. The molecule has 1 atom stereocenters. The molecule has 0 radical (unpaired) electrons. The minimum Gasteiger partial charge on any atom is -0.381 e. The lowest BCUT2D eigenvalue weighted by molar-refractivity contribution is 0.0934. The largest absolute Gasteiger partial charge is 0.381 e. The van der Waals surface area contributed by atoms with Crippen molar-refractivity contribution in [1.82, 2.24) is 10.3 Å². The number of aromatic nitrogens is 1. The van der Waals surface area contributed by atoms with E-state index in [9.17, 15) is 9.18 Å². The molecule has 18 heavy (non-hydrogen) atoms. The molecule has 3 N–H and O–H groups in total. The van der Waals surface area contributed by atoms with Crippen LogP contribution in [0.4, 0.5) is 10.2 Å². The van der Waals surface area contributed by atoms with Gasteiger partial charge in [0.2, 0.25) is 0 Å². The summed E-state index contributed by atoms with van der Waals surface area (Å²) in [6.45, 7) is 4.04. The Labute approximate surface area is 107 Å². The molecule has 1 rings (SSSR count). The maximum Gasteiger partial charge on any atom is 0.254 e. The van der Waals surface area contributed by atoms with Crippen molar-refractivity contribution in [2.45, 2.75) is 45.6 Å². The number of carbonyl (C=O) groups is 1. The van der Waals surface area contributed by atoms with Gasteiger partial charge in [-0.15, -0.1) is 0 Å². The van der Waals surface area contributed by atoms with Gasteiger partial charge in [-0.25, -0.2) is 9.37 Å². The van der Waals surface area contributed by atoms with Gasteiger partial charge in [0.25, 0.3) is 5.91 Å². The van der Waals surface area contributed by atoms with E-state index < -0.39 is 11.7 Å². The second-order valence-electron chi connectivity index (χ2n) is 4.43. The second-order valence-corrected chi connectivity index (χ2v) is 4.43. The number of rotatable bonds is 6. The van der Waals surface area contributed by atoms with Gasteiger partial charge >= 0.3 is 0 Å². The molecule has 1 unspecified atom stereocenters. The summed E-state index contributed by atoms with van der Waals surface area (Å²) >= 11 is 0. The summed E-state index contributed by atoms with van der Waals surface area (Å²) in [5.74, 6) is -1.44. The summed E-state index contributed by atoms with van der Waals surface area (Å²) in [6, 6.07) is 1.36. The lowest BCUT2D eigenvalue weighted by Crippen LogP contribution is -2.33. The molecule has 0 saturated heterocycles. The van der Waals surface area contributed by atoms with Crippen LogP contribution in [0.25, 0.3) is 0 Å². The van der Waals surface area contributed by atoms with E-state index in [-0.39, 0.29) is 17.4 Å². The zero-order chi connectivity index (χ0) is 13.5. The molecule has 5 heteroatoms. The first-order valence-electron chi connectivity index (χ1n) is 6.27. The Bertz CT molecular complexity index is 409. The van der Waals surface area contributed by atoms with Gasteiger partial charge in [-0.2, -0.15) is 0 Å². The molecule has 100 valence electrons. The average molecular weight is 253 g/mol. The second kappa shape index (κ2) is 6.93. The van der Waals surface area contributed by atoms with Crippen LogP contribution in [0.3, 0.4) is 0 Å². The van der Waals surface area contributed by atoms with Gasteiger partial charge in [0.1, 0.15) is 0 Å². The van der Waals surface area contributed by atoms with Crippen LogP contribution in [0.5, 0.6) is 0 Å².